The average Bonchev–Trinajstić information content (AvgIpc) is 0.735. The fourth-order valence-corrected chi connectivity index (χ4v) is 15.0. The summed E-state index contributed by atoms with van der Waals surface area (Å²) in [4.78, 5) is 27.4. The molecule has 8 aromatic carbocycles. The van der Waals surface area contributed by atoms with Crippen molar-refractivity contribution in [3.05, 3.63) is 402 Å². The number of hydrogen-bond acceptors (Lipinski definition) is 8. The van der Waals surface area contributed by atoms with Gasteiger partial charge in [0.05, 0.1) is 0 Å². The summed E-state index contributed by atoms with van der Waals surface area (Å²) >= 11 is 0. The van der Waals surface area contributed by atoms with Gasteiger partial charge in [-0.25, -0.2) is 43.9 Å². The second-order valence-corrected chi connectivity index (χ2v) is 39.8. The topological polar surface area (TPSA) is 128 Å². The highest BCUT2D eigenvalue weighted by Crippen LogP contribution is 2.54. The number of hydrogen-bond donors (Lipinski definition) is 2. The van der Waals surface area contributed by atoms with E-state index in [-0.39, 0.29) is 0 Å². The SMILES string of the molecule is [C-]#[N+][C@@](O)(c1ccc(C)cc1F)C(F)(F)c1ccc(-c2ccc(C)cc2)cn1.[C-]#[N+][C@@](O[Si](C)(C)C)(c1ccc(C)cc1F)C(F)(F)c1ccc(-c2ccc(C)cc2)cn1.[C-]#[N+][C@](O)(c1ccc(C)cc1F)C(F)(F)c1ccc(-c2ccc(C)cc2)cn1.[C-]#[N+][C@](O[Si](C)(C)C)(c1ccc(C)cc1F)C(F)(F)c1ccc(-c2ccc(C)cc2)cn1. The minimum Gasteiger partial charge on any atom is -0.342 e. The fraction of sp³-hybridized carbons (Fsp3) is 0.234. The average molecular weight is 1670 g/mol. The van der Waals surface area contributed by atoms with E-state index in [0.717, 1.165) is 93.0 Å². The molecule has 4 heterocycles. The van der Waals surface area contributed by atoms with Gasteiger partial charge in [0.25, 0.3) is 0 Å². The molecule has 26 heteroatoms. The van der Waals surface area contributed by atoms with Crippen molar-refractivity contribution in [3.8, 4) is 44.5 Å². The summed E-state index contributed by atoms with van der Waals surface area (Å²) in [6.07, 6.45) is 5.15. The van der Waals surface area contributed by atoms with Gasteiger partial charge < -0.3 is 19.1 Å². The molecule has 0 saturated heterocycles. The van der Waals surface area contributed by atoms with Crippen LogP contribution in [0.15, 0.2) is 243 Å². The number of aromatic nitrogens is 4. The Morgan fingerprint density at radius 1 is 0.267 bits per heavy atom. The normalized spacial score (nSPS) is 13.8. The van der Waals surface area contributed by atoms with Crippen molar-refractivity contribution in [1.29, 1.82) is 0 Å². The second-order valence-electron chi connectivity index (χ2n) is 30.9. The number of aryl methyl sites for hydroxylation is 8. The van der Waals surface area contributed by atoms with Crippen molar-refractivity contribution in [2.45, 2.75) is 141 Å². The van der Waals surface area contributed by atoms with E-state index in [2.05, 4.69) is 39.3 Å². The molecule has 0 fully saturated rings. The molecular weight excluding hydrogens is 1590 g/mol. The van der Waals surface area contributed by atoms with Gasteiger partial charge in [0.1, 0.15) is 68.3 Å². The zero-order valence-corrected chi connectivity index (χ0v) is 69.9. The van der Waals surface area contributed by atoms with Gasteiger partial charge in [-0.3, -0.25) is 39.3 Å². The Labute approximate surface area is 692 Å². The molecule has 120 heavy (non-hydrogen) atoms. The molecule has 0 unspecified atom stereocenters. The van der Waals surface area contributed by atoms with Gasteiger partial charge in [-0.15, -0.1) is 0 Å². The lowest BCUT2D eigenvalue weighted by Crippen LogP contribution is -2.50. The molecule has 0 radical (unpaired) electrons. The Hall–Kier alpha value is -12.2. The van der Waals surface area contributed by atoms with E-state index < -0.39 is 132 Å². The maximum Gasteiger partial charge on any atom is 0.433 e. The largest absolute Gasteiger partial charge is 0.433 e. The maximum absolute atomic E-state index is 16.0. The van der Waals surface area contributed by atoms with Crippen molar-refractivity contribution in [3.63, 3.8) is 0 Å². The molecule has 0 amide bonds. The predicted molar refractivity (Wildman–Crippen MR) is 444 cm³/mol. The van der Waals surface area contributed by atoms with Crippen molar-refractivity contribution in [1.82, 2.24) is 19.9 Å². The molecule has 4 atom stereocenters. The molecule has 0 spiro atoms. The zero-order chi connectivity index (χ0) is 88.5. The van der Waals surface area contributed by atoms with E-state index in [0.29, 0.717) is 44.5 Å². The van der Waals surface area contributed by atoms with Crippen LogP contribution in [0.3, 0.4) is 0 Å². The number of pyridine rings is 4. The predicted octanol–water partition coefficient (Wildman–Crippen LogP) is 25.2. The van der Waals surface area contributed by atoms with E-state index in [1.807, 2.05) is 125 Å². The first kappa shape index (κ1) is 91.6. The molecule has 0 aliphatic heterocycles. The standard InChI is InChI=1S/2C25H25F3N2OSi.2C22H17F3N2O/c2*1-17-7-10-19(11-8-17)20-12-14-23(30-16-20)24(27,28)25(29-3,31-32(4,5)6)21-13-9-18(2)15-22(21)26;2*1-14-4-7-16(8-5-14)17-9-11-20(27-13-17)21(24,25)22(28,26-3)18-10-6-15(2)12-19(18)23/h2*7-16H,1-2,4-6H3;2*4-13,28H,1-2H3/t2*25-;2*22-/m1010/s1. The molecule has 0 bridgehead atoms. The highest BCUT2D eigenvalue weighted by molar-refractivity contribution is 6.70. The zero-order valence-electron chi connectivity index (χ0n) is 67.9. The van der Waals surface area contributed by atoms with E-state index >= 15 is 35.1 Å². The lowest BCUT2D eigenvalue weighted by molar-refractivity contribution is -0.173. The van der Waals surface area contributed by atoms with Crippen molar-refractivity contribution < 1.29 is 71.8 Å². The highest BCUT2D eigenvalue weighted by atomic mass is 28.4. The van der Waals surface area contributed by atoms with Gasteiger partial charge in [-0.1, -0.05) is 168 Å². The summed E-state index contributed by atoms with van der Waals surface area (Å²) in [5, 5.41) is 21.0. The van der Waals surface area contributed by atoms with Crippen LogP contribution in [0.25, 0.3) is 63.9 Å². The quantitative estimate of drug-likeness (QED) is 0.0439. The molecule has 12 nitrogen and oxygen atoms in total. The Morgan fingerprint density at radius 2 is 0.458 bits per heavy atom. The first-order chi connectivity index (χ1) is 56.2. The van der Waals surface area contributed by atoms with Crippen LogP contribution in [0.4, 0.5) is 52.7 Å². The van der Waals surface area contributed by atoms with Crippen LogP contribution in [0, 0.1) is 105 Å². The molecule has 0 saturated carbocycles. The number of alkyl halides is 8. The summed E-state index contributed by atoms with van der Waals surface area (Å²) < 4.78 is 194. The van der Waals surface area contributed by atoms with Gasteiger partial charge in [0.2, 0.25) is 0 Å². The van der Waals surface area contributed by atoms with Crippen molar-refractivity contribution >= 4 is 16.6 Å². The monoisotopic (exact) mass is 1670 g/mol. The molecule has 2 N–H and O–H groups in total. The highest BCUT2D eigenvalue weighted by Gasteiger charge is 2.71. The molecule has 616 valence electrons. The smallest absolute Gasteiger partial charge is 0.342 e. The summed E-state index contributed by atoms with van der Waals surface area (Å²) in [7, 11) is -5.47. The van der Waals surface area contributed by atoms with Gasteiger partial charge in [0, 0.05) is 47.0 Å². The first-order valence-electron chi connectivity index (χ1n) is 37.3. The molecule has 4 aromatic heterocycles. The van der Waals surface area contributed by atoms with Crippen LogP contribution in [0.1, 0.15) is 89.5 Å². The third kappa shape index (κ3) is 19.5. The molecule has 0 aliphatic rings. The van der Waals surface area contributed by atoms with E-state index in [1.165, 1.54) is 97.6 Å². The van der Waals surface area contributed by atoms with Crippen LogP contribution in [0.5, 0.6) is 0 Å². The van der Waals surface area contributed by atoms with E-state index in [1.54, 1.807) is 67.0 Å². The number of rotatable bonds is 20. The summed E-state index contributed by atoms with van der Waals surface area (Å²) in [6.45, 7) is 54.1. The Kier molecular flexibility index (Phi) is 27.6. The van der Waals surface area contributed by atoms with Crippen LogP contribution >= 0.6 is 0 Å². The summed E-state index contributed by atoms with van der Waals surface area (Å²) in [5.74, 6) is -20.0. The van der Waals surface area contributed by atoms with Crippen LogP contribution in [-0.4, -0.2) is 46.8 Å². The second kappa shape index (κ2) is 36.1. The van der Waals surface area contributed by atoms with Gasteiger partial charge in [0.15, 0.2) is 16.6 Å². The molecule has 0 aliphatic carbocycles. The van der Waals surface area contributed by atoms with Crippen LogP contribution in [-0.2, 0) is 55.4 Å². The number of benzene rings is 8. The van der Waals surface area contributed by atoms with Crippen LogP contribution in [0.2, 0.25) is 39.3 Å². The fourth-order valence-electron chi connectivity index (χ4n) is 12.7. The Morgan fingerprint density at radius 3 is 0.633 bits per heavy atom. The van der Waals surface area contributed by atoms with Gasteiger partial charge in [-0.05, 0) is 212 Å². The third-order valence-electron chi connectivity index (χ3n) is 19.1. The number of aliphatic hydroxyl groups is 2. The first-order valence-corrected chi connectivity index (χ1v) is 44.1. The lowest BCUT2D eigenvalue weighted by Gasteiger charge is -2.34. The van der Waals surface area contributed by atoms with Crippen LogP contribution < -0.4 is 0 Å². The third-order valence-corrected chi connectivity index (χ3v) is 20.9. The van der Waals surface area contributed by atoms with E-state index in [9.17, 15) is 27.8 Å². The van der Waals surface area contributed by atoms with Gasteiger partial charge >= 0.3 is 46.6 Å². The summed E-state index contributed by atoms with van der Waals surface area (Å²) in [5.41, 5.74) is -5.94. The van der Waals surface area contributed by atoms with Crippen molar-refractivity contribution in [2.75, 3.05) is 0 Å². The minimum absolute atomic E-state index is 0.484. The Balaban J connectivity index is 0.000000182. The number of halogens is 12. The van der Waals surface area contributed by atoms with E-state index in [4.69, 9.17) is 35.1 Å². The minimum atomic E-state index is -4.13. The molecular formula is C94H84F12N8O4Si2. The van der Waals surface area contributed by atoms with Gasteiger partial charge in [-0.2, -0.15) is 35.1 Å². The number of nitrogens with zero attached hydrogens (tertiary/aromatic N) is 8. The summed E-state index contributed by atoms with van der Waals surface area (Å²) in [6, 6.07) is 54.8. The maximum atomic E-state index is 16.0. The van der Waals surface area contributed by atoms with Crippen molar-refractivity contribution in [2.24, 2.45) is 0 Å². The molecule has 12 rings (SSSR count). The lowest BCUT2D eigenvalue weighted by atomic mass is 9.92. The molecule has 12 aromatic rings. The Bertz CT molecular complexity index is 5460.